The molecule has 2 aromatic carbocycles. The summed E-state index contributed by atoms with van der Waals surface area (Å²) in [5.41, 5.74) is 8.39. The largest absolute Gasteiger partial charge is 0.321 e. The molecule has 0 aliphatic carbocycles. The van der Waals surface area contributed by atoms with Crippen LogP contribution in [0.3, 0.4) is 0 Å². The number of rotatable bonds is 2. The van der Waals surface area contributed by atoms with Crippen molar-refractivity contribution in [1.29, 1.82) is 0 Å². The van der Waals surface area contributed by atoms with Crippen molar-refractivity contribution in [3.05, 3.63) is 63.2 Å². The smallest absolute Gasteiger partial charge is 0.255 e. The van der Waals surface area contributed by atoms with E-state index < -0.39 is 0 Å². The standard InChI is InChI=1S/C19H23NO/c1-11-8-14(4)18(15(5)9-11)20-19(21)17-10-12(2)7-13(3)16(17)6/h7-10H,1-6H3,(H,20,21). The van der Waals surface area contributed by atoms with Crippen LogP contribution in [0, 0.1) is 41.5 Å². The summed E-state index contributed by atoms with van der Waals surface area (Å²) in [6.07, 6.45) is 0. The van der Waals surface area contributed by atoms with Gasteiger partial charge in [-0.3, -0.25) is 4.79 Å². The molecule has 0 fully saturated rings. The lowest BCUT2D eigenvalue weighted by atomic mass is 9.99. The summed E-state index contributed by atoms with van der Waals surface area (Å²) in [5.74, 6) is -0.0330. The molecule has 0 saturated carbocycles. The van der Waals surface area contributed by atoms with Crippen LogP contribution in [0.1, 0.15) is 43.7 Å². The molecule has 2 heteroatoms. The summed E-state index contributed by atoms with van der Waals surface area (Å²) in [6, 6.07) is 8.25. The van der Waals surface area contributed by atoms with E-state index in [0.29, 0.717) is 0 Å². The average molecular weight is 281 g/mol. The van der Waals surface area contributed by atoms with Crippen molar-refractivity contribution in [2.45, 2.75) is 41.5 Å². The Bertz CT molecular complexity index is 691. The molecule has 1 N–H and O–H groups in total. The molecule has 0 unspecified atom stereocenters. The Morgan fingerprint density at radius 2 is 1.24 bits per heavy atom. The summed E-state index contributed by atoms with van der Waals surface area (Å²) in [7, 11) is 0. The molecule has 2 rings (SSSR count). The highest BCUT2D eigenvalue weighted by atomic mass is 16.1. The van der Waals surface area contributed by atoms with Crippen LogP contribution < -0.4 is 5.32 Å². The first-order chi connectivity index (χ1) is 9.79. The fraction of sp³-hybridized carbons (Fsp3) is 0.316. The molecule has 0 aromatic heterocycles. The van der Waals surface area contributed by atoms with E-state index >= 15 is 0 Å². The van der Waals surface area contributed by atoms with E-state index in [1.807, 2.05) is 40.7 Å². The van der Waals surface area contributed by atoms with Gasteiger partial charge in [0.15, 0.2) is 0 Å². The summed E-state index contributed by atoms with van der Waals surface area (Å²) in [5, 5.41) is 3.08. The minimum absolute atomic E-state index is 0.0330. The van der Waals surface area contributed by atoms with E-state index in [0.717, 1.165) is 39.1 Å². The van der Waals surface area contributed by atoms with E-state index in [4.69, 9.17) is 0 Å². The first kappa shape index (κ1) is 15.3. The predicted molar refractivity (Wildman–Crippen MR) is 89.3 cm³/mol. The fourth-order valence-electron chi connectivity index (χ4n) is 2.83. The molecule has 0 atom stereocenters. The molecule has 0 saturated heterocycles. The molecule has 0 radical (unpaired) electrons. The van der Waals surface area contributed by atoms with Gasteiger partial charge >= 0.3 is 0 Å². The summed E-state index contributed by atoms with van der Waals surface area (Å²) < 4.78 is 0. The van der Waals surface area contributed by atoms with Crippen LogP contribution in [0.2, 0.25) is 0 Å². The first-order valence-corrected chi connectivity index (χ1v) is 7.26. The molecular formula is C19H23NO. The van der Waals surface area contributed by atoms with E-state index in [1.54, 1.807) is 0 Å². The molecule has 0 heterocycles. The van der Waals surface area contributed by atoms with Crippen LogP contribution in [0.15, 0.2) is 24.3 Å². The lowest BCUT2D eigenvalue weighted by molar-refractivity contribution is 0.102. The van der Waals surface area contributed by atoms with Crippen molar-refractivity contribution < 1.29 is 4.79 Å². The lowest BCUT2D eigenvalue weighted by Gasteiger charge is -2.15. The molecule has 2 aromatic rings. The van der Waals surface area contributed by atoms with Gasteiger partial charge in [0.1, 0.15) is 0 Å². The minimum atomic E-state index is -0.0330. The average Bonchev–Trinajstić information content (AvgIpc) is 2.37. The van der Waals surface area contributed by atoms with E-state index in [2.05, 4.69) is 30.4 Å². The quantitative estimate of drug-likeness (QED) is 0.842. The second kappa shape index (κ2) is 5.72. The van der Waals surface area contributed by atoms with E-state index in [1.165, 1.54) is 5.56 Å². The molecule has 0 bridgehead atoms. The second-order valence-corrected chi connectivity index (χ2v) is 5.98. The van der Waals surface area contributed by atoms with Gasteiger partial charge in [-0.15, -0.1) is 0 Å². The van der Waals surface area contributed by atoms with Gasteiger partial charge in [0.05, 0.1) is 0 Å². The van der Waals surface area contributed by atoms with Crippen molar-refractivity contribution in [1.82, 2.24) is 0 Å². The van der Waals surface area contributed by atoms with Crippen LogP contribution in [0.4, 0.5) is 5.69 Å². The van der Waals surface area contributed by atoms with Crippen LogP contribution in [-0.4, -0.2) is 5.91 Å². The van der Waals surface area contributed by atoms with Crippen molar-refractivity contribution in [3.8, 4) is 0 Å². The van der Waals surface area contributed by atoms with Gasteiger partial charge in [0.2, 0.25) is 0 Å². The van der Waals surface area contributed by atoms with Gasteiger partial charge in [-0.2, -0.15) is 0 Å². The molecule has 21 heavy (non-hydrogen) atoms. The second-order valence-electron chi connectivity index (χ2n) is 5.98. The number of carbonyl (C=O) groups is 1. The predicted octanol–water partition coefficient (Wildman–Crippen LogP) is 4.79. The number of hydrogen-bond donors (Lipinski definition) is 1. The van der Waals surface area contributed by atoms with Crippen molar-refractivity contribution in [2.24, 2.45) is 0 Å². The maximum Gasteiger partial charge on any atom is 0.255 e. The molecule has 1 amide bonds. The van der Waals surface area contributed by atoms with Gasteiger partial charge < -0.3 is 5.32 Å². The van der Waals surface area contributed by atoms with E-state index in [-0.39, 0.29) is 5.91 Å². The fourth-order valence-corrected chi connectivity index (χ4v) is 2.83. The van der Waals surface area contributed by atoms with Crippen LogP contribution in [0.5, 0.6) is 0 Å². The molecule has 0 spiro atoms. The molecule has 0 aliphatic heterocycles. The van der Waals surface area contributed by atoms with Gasteiger partial charge in [-0.05, 0) is 69.9 Å². The van der Waals surface area contributed by atoms with Gasteiger partial charge in [0, 0.05) is 11.3 Å². The molecule has 110 valence electrons. The topological polar surface area (TPSA) is 29.1 Å². The van der Waals surface area contributed by atoms with Gasteiger partial charge in [-0.1, -0.05) is 29.3 Å². The highest BCUT2D eigenvalue weighted by Gasteiger charge is 2.14. The Balaban J connectivity index is 2.40. The Labute approximate surface area is 127 Å². The summed E-state index contributed by atoms with van der Waals surface area (Å²) in [4.78, 5) is 12.6. The zero-order valence-corrected chi connectivity index (χ0v) is 13.7. The van der Waals surface area contributed by atoms with Crippen molar-refractivity contribution in [3.63, 3.8) is 0 Å². The minimum Gasteiger partial charge on any atom is -0.321 e. The summed E-state index contributed by atoms with van der Waals surface area (Å²) in [6.45, 7) is 12.2. The highest BCUT2D eigenvalue weighted by molar-refractivity contribution is 6.06. The monoisotopic (exact) mass is 281 g/mol. The van der Waals surface area contributed by atoms with Crippen LogP contribution >= 0.6 is 0 Å². The summed E-state index contributed by atoms with van der Waals surface area (Å²) >= 11 is 0. The number of carbonyl (C=O) groups excluding carboxylic acids is 1. The van der Waals surface area contributed by atoms with Crippen molar-refractivity contribution >= 4 is 11.6 Å². The molecule has 2 nitrogen and oxygen atoms in total. The number of aryl methyl sites for hydroxylation is 5. The maximum absolute atomic E-state index is 12.6. The SMILES string of the molecule is Cc1cc(C)c(NC(=O)c2cc(C)cc(C)c2C)c(C)c1. The first-order valence-electron chi connectivity index (χ1n) is 7.26. The molecular weight excluding hydrogens is 258 g/mol. The number of anilines is 1. The number of nitrogens with one attached hydrogen (secondary N) is 1. The highest BCUT2D eigenvalue weighted by Crippen LogP contribution is 2.24. The number of benzene rings is 2. The zero-order chi connectivity index (χ0) is 15.7. The normalized spacial score (nSPS) is 10.6. The van der Waals surface area contributed by atoms with Crippen LogP contribution in [-0.2, 0) is 0 Å². The zero-order valence-electron chi connectivity index (χ0n) is 13.7. The maximum atomic E-state index is 12.6. The number of hydrogen-bond acceptors (Lipinski definition) is 1. The van der Waals surface area contributed by atoms with Crippen molar-refractivity contribution in [2.75, 3.05) is 5.32 Å². The third-order valence-electron chi connectivity index (χ3n) is 3.97. The Morgan fingerprint density at radius 1 is 0.762 bits per heavy atom. The third-order valence-corrected chi connectivity index (χ3v) is 3.97. The Kier molecular flexibility index (Phi) is 4.17. The number of amides is 1. The Hall–Kier alpha value is -2.09. The Morgan fingerprint density at radius 3 is 1.81 bits per heavy atom. The van der Waals surface area contributed by atoms with Crippen LogP contribution in [0.25, 0.3) is 0 Å². The van der Waals surface area contributed by atoms with E-state index in [9.17, 15) is 4.79 Å². The van der Waals surface area contributed by atoms with Gasteiger partial charge in [-0.25, -0.2) is 0 Å². The third kappa shape index (κ3) is 3.15. The van der Waals surface area contributed by atoms with Gasteiger partial charge in [0.25, 0.3) is 5.91 Å². The lowest BCUT2D eigenvalue weighted by Crippen LogP contribution is -2.16. The molecule has 0 aliphatic rings.